The van der Waals surface area contributed by atoms with Gasteiger partial charge in [-0.3, -0.25) is 0 Å². The normalized spacial score (nSPS) is 10.7. The van der Waals surface area contributed by atoms with Crippen LogP contribution < -0.4 is 4.74 Å². The highest BCUT2D eigenvalue weighted by Gasteiger charge is 2.17. The fraction of sp³-hybridized carbons (Fsp3) is 0.0588. The Morgan fingerprint density at radius 2 is 1.74 bits per heavy atom. The van der Waals surface area contributed by atoms with E-state index in [4.69, 9.17) is 21.4 Å². The molecular weight excluding hydrogens is 318 g/mol. The van der Waals surface area contributed by atoms with Crippen molar-refractivity contribution in [2.45, 2.75) is 6.92 Å². The van der Waals surface area contributed by atoms with Crippen LogP contribution in [-0.2, 0) is 0 Å². The molecule has 3 aromatic rings. The lowest BCUT2D eigenvalue weighted by Gasteiger charge is -2.10. The Bertz CT molecular complexity index is 907. The molecule has 0 saturated carbocycles. The number of aromatic carboxylic acids is 1. The molecule has 0 spiro atoms. The number of rotatable bonds is 3. The standard InChI is InChI=1S/C17H12ClNO4/c1-9-14-8-12(23-11-4-2-10(18)3-5-11)6-7-13(14)16(20)15(19-9)17(21)22/h2-8,20H,1H3,(H,21,22). The van der Waals surface area contributed by atoms with Gasteiger partial charge in [-0.25, -0.2) is 9.78 Å². The van der Waals surface area contributed by atoms with Crippen molar-refractivity contribution in [3.05, 3.63) is 58.9 Å². The van der Waals surface area contributed by atoms with Crippen molar-refractivity contribution in [1.29, 1.82) is 0 Å². The van der Waals surface area contributed by atoms with Crippen molar-refractivity contribution >= 4 is 28.3 Å². The summed E-state index contributed by atoms with van der Waals surface area (Å²) >= 11 is 5.83. The molecule has 1 aromatic heterocycles. The highest BCUT2D eigenvalue weighted by molar-refractivity contribution is 6.30. The number of fused-ring (bicyclic) bond motifs is 1. The van der Waals surface area contributed by atoms with Gasteiger partial charge in [0, 0.05) is 21.5 Å². The number of aromatic nitrogens is 1. The molecule has 1 heterocycles. The minimum absolute atomic E-state index is 0.351. The Labute approximate surface area is 136 Å². The zero-order valence-corrected chi connectivity index (χ0v) is 12.8. The Morgan fingerprint density at radius 1 is 1.09 bits per heavy atom. The van der Waals surface area contributed by atoms with Crippen LogP contribution in [0, 0.1) is 6.92 Å². The van der Waals surface area contributed by atoms with E-state index in [-0.39, 0.29) is 11.4 Å². The van der Waals surface area contributed by atoms with Gasteiger partial charge in [-0.05, 0) is 49.4 Å². The number of carboxylic acid groups (broad SMARTS) is 1. The van der Waals surface area contributed by atoms with Crippen LogP contribution in [0.4, 0.5) is 0 Å². The second-order valence-corrected chi connectivity index (χ2v) is 5.40. The Kier molecular flexibility index (Phi) is 3.80. The first-order chi connectivity index (χ1) is 11.0. The molecule has 2 aromatic carbocycles. The summed E-state index contributed by atoms with van der Waals surface area (Å²) in [7, 11) is 0. The second-order valence-electron chi connectivity index (χ2n) is 4.96. The SMILES string of the molecule is Cc1nc(C(=O)O)c(O)c2ccc(Oc3ccc(Cl)cc3)cc12. The van der Waals surface area contributed by atoms with Gasteiger partial charge in [0.2, 0.25) is 0 Å². The number of hydrogen-bond acceptors (Lipinski definition) is 4. The van der Waals surface area contributed by atoms with E-state index in [0.717, 1.165) is 0 Å². The van der Waals surface area contributed by atoms with Crippen molar-refractivity contribution in [3.63, 3.8) is 0 Å². The van der Waals surface area contributed by atoms with Gasteiger partial charge in [0.05, 0.1) is 0 Å². The monoisotopic (exact) mass is 329 g/mol. The van der Waals surface area contributed by atoms with Gasteiger partial charge in [0.25, 0.3) is 0 Å². The maximum Gasteiger partial charge on any atom is 0.358 e. The molecule has 0 aliphatic rings. The minimum atomic E-state index is -1.27. The second kappa shape index (κ2) is 5.78. The van der Waals surface area contributed by atoms with Crippen molar-refractivity contribution in [1.82, 2.24) is 4.98 Å². The van der Waals surface area contributed by atoms with E-state index in [2.05, 4.69) is 4.98 Å². The van der Waals surface area contributed by atoms with E-state index < -0.39 is 5.97 Å². The summed E-state index contributed by atoms with van der Waals surface area (Å²) in [4.78, 5) is 15.0. The van der Waals surface area contributed by atoms with E-state index in [1.807, 2.05) is 0 Å². The maximum absolute atomic E-state index is 11.1. The van der Waals surface area contributed by atoms with E-state index in [1.165, 1.54) is 0 Å². The van der Waals surface area contributed by atoms with Gasteiger partial charge in [0.15, 0.2) is 11.4 Å². The van der Waals surface area contributed by atoms with Gasteiger partial charge >= 0.3 is 5.97 Å². The molecule has 2 N–H and O–H groups in total. The molecule has 0 fully saturated rings. The fourth-order valence-corrected chi connectivity index (χ4v) is 2.41. The summed E-state index contributed by atoms with van der Waals surface area (Å²) in [5.41, 5.74) is 0.137. The van der Waals surface area contributed by atoms with Crippen molar-refractivity contribution in [3.8, 4) is 17.2 Å². The topological polar surface area (TPSA) is 79.7 Å². The molecule has 6 heteroatoms. The van der Waals surface area contributed by atoms with Crippen LogP contribution in [-0.4, -0.2) is 21.2 Å². The Hall–Kier alpha value is -2.79. The predicted molar refractivity (Wildman–Crippen MR) is 86.6 cm³/mol. The number of ether oxygens (including phenoxy) is 1. The summed E-state index contributed by atoms with van der Waals surface area (Å²) in [6.45, 7) is 1.68. The lowest BCUT2D eigenvalue weighted by molar-refractivity contribution is 0.0687. The van der Waals surface area contributed by atoms with Gasteiger partial charge in [-0.15, -0.1) is 0 Å². The van der Waals surface area contributed by atoms with Crippen LogP contribution in [0.1, 0.15) is 16.2 Å². The first-order valence-electron chi connectivity index (χ1n) is 6.76. The number of pyridine rings is 1. The number of hydrogen-bond donors (Lipinski definition) is 2. The maximum atomic E-state index is 11.1. The van der Waals surface area contributed by atoms with Crippen molar-refractivity contribution in [2.24, 2.45) is 0 Å². The Morgan fingerprint density at radius 3 is 2.39 bits per heavy atom. The molecule has 0 aliphatic heterocycles. The number of carboxylic acids is 1. The number of benzene rings is 2. The molecule has 0 bridgehead atoms. The van der Waals surface area contributed by atoms with Crippen LogP contribution in [0.2, 0.25) is 5.02 Å². The average molecular weight is 330 g/mol. The lowest BCUT2D eigenvalue weighted by atomic mass is 10.1. The smallest absolute Gasteiger partial charge is 0.358 e. The van der Waals surface area contributed by atoms with Crippen LogP contribution >= 0.6 is 11.6 Å². The van der Waals surface area contributed by atoms with Gasteiger partial charge in [0.1, 0.15) is 11.5 Å². The lowest BCUT2D eigenvalue weighted by Crippen LogP contribution is -2.03. The molecule has 0 saturated heterocycles. The number of nitrogens with zero attached hydrogens (tertiary/aromatic N) is 1. The molecule has 23 heavy (non-hydrogen) atoms. The average Bonchev–Trinajstić information content (AvgIpc) is 2.53. The number of aromatic hydroxyl groups is 1. The fourth-order valence-electron chi connectivity index (χ4n) is 2.29. The molecule has 5 nitrogen and oxygen atoms in total. The zero-order chi connectivity index (χ0) is 16.6. The van der Waals surface area contributed by atoms with E-state index in [0.29, 0.717) is 33.0 Å². The molecule has 0 atom stereocenters. The molecule has 116 valence electrons. The molecule has 0 amide bonds. The van der Waals surface area contributed by atoms with Gasteiger partial charge in [-0.2, -0.15) is 0 Å². The third-order valence-corrected chi connectivity index (χ3v) is 3.64. The van der Waals surface area contributed by atoms with E-state index >= 15 is 0 Å². The number of aryl methyl sites for hydroxylation is 1. The van der Waals surface area contributed by atoms with Crippen LogP contribution in [0.3, 0.4) is 0 Å². The number of halogens is 1. The molecule has 0 unspecified atom stereocenters. The van der Waals surface area contributed by atoms with Crippen molar-refractivity contribution < 1.29 is 19.7 Å². The molecule has 0 aliphatic carbocycles. The largest absolute Gasteiger partial charge is 0.505 e. The van der Waals surface area contributed by atoms with Crippen LogP contribution in [0.5, 0.6) is 17.2 Å². The quantitative estimate of drug-likeness (QED) is 0.744. The van der Waals surface area contributed by atoms with Gasteiger partial charge in [-0.1, -0.05) is 11.6 Å². The van der Waals surface area contributed by atoms with Crippen molar-refractivity contribution in [2.75, 3.05) is 0 Å². The Balaban J connectivity index is 2.05. The number of carbonyl (C=O) groups is 1. The van der Waals surface area contributed by atoms with Gasteiger partial charge < -0.3 is 14.9 Å². The third kappa shape index (κ3) is 2.91. The highest BCUT2D eigenvalue weighted by Crippen LogP contribution is 2.33. The minimum Gasteiger partial charge on any atom is -0.505 e. The highest BCUT2D eigenvalue weighted by atomic mass is 35.5. The predicted octanol–water partition coefficient (Wildman–Crippen LogP) is 4.39. The third-order valence-electron chi connectivity index (χ3n) is 3.39. The van der Waals surface area contributed by atoms with E-state index in [9.17, 15) is 9.90 Å². The first-order valence-corrected chi connectivity index (χ1v) is 7.13. The first kappa shape index (κ1) is 15.1. The summed E-state index contributed by atoms with van der Waals surface area (Å²) in [5.74, 6) is -0.455. The molecule has 0 radical (unpaired) electrons. The molecular formula is C17H12ClNO4. The summed E-state index contributed by atoms with van der Waals surface area (Å²) in [6, 6.07) is 11.9. The zero-order valence-electron chi connectivity index (χ0n) is 12.1. The summed E-state index contributed by atoms with van der Waals surface area (Å²) in [6.07, 6.45) is 0. The molecule has 3 rings (SSSR count). The van der Waals surface area contributed by atoms with Crippen LogP contribution in [0.15, 0.2) is 42.5 Å². The summed E-state index contributed by atoms with van der Waals surface area (Å²) < 4.78 is 5.73. The summed E-state index contributed by atoms with van der Waals surface area (Å²) in [5, 5.41) is 20.8. The van der Waals surface area contributed by atoms with E-state index in [1.54, 1.807) is 49.4 Å². The van der Waals surface area contributed by atoms with Crippen LogP contribution in [0.25, 0.3) is 10.8 Å².